The van der Waals surface area contributed by atoms with Gasteiger partial charge in [-0.05, 0) is 68.6 Å². The SMILES string of the molecule is Cc1cc(N2CCCC2)ccc1NC(=S)NC1CC1. The van der Waals surface area contributed by atoms with Crippen molar-refractivity contribution in [2.45, 2.75) is 38.6 Å². The van der Waals surface area contributed by atoms with Crippen molar-refractivity contribution in [2.75, 3.05) is 23.3 Å². The van der Waals surface area contributed by atoms with Crippen LogP contribution in [0.15, 0.2) is 18.2 Å². The highest BCUT2D eigenvalue weighted by Crippen LogP contribution is 2.26. The summed E-state index contributed by atoms with van der Waals surface area (Å²) in [6.45, 7) is 4.52. The molecule has 0 aromatic heterocycles. The highest BCUT2D eigenvalue weighted by molar-refractivity contribution is 7.80. The predicted octanol–water partition coefficient (Wildman–Crippen LogP) is 3.04. The monoisotopic (exact) mass is 275 g/mol. The molecular formula is C15H21N3S. The molecule has 0 bridgehead atoms. The lowest BCUT2D eigenvalue weighted by Gasteiger charge is -2.20. The lowest BCUT2D eigenvalue weighted by molar-refractivity contribution is 0.919. The van der Waals surface area contributed by atoms with E-state index in [1.54, 1.807) is 0 Å². The van der Waals surface area contributed by atoms with Crippen molar-refractivity contribution < 1.29 is 0 Å². The van der Waals surface area contributed by atoms with Crippen molar-refractivity contribution in [3.05, 3.63) is 23.8 Å². The Kier molecular flexibility index (Phi) is 3.60. The maximum absolute atomic E-state index is 5.32. The van der Waals surface area contributed by atoms with Crippen molar-refractivity contribution in [2.24, 2.45) is 0 Å². The van der Waals surface area contributed by atoms with Crippen LogP contribution in [0.1, 0.15) is 31.2 Å². The molecule has 3 nitrogen and oxygen atoms in total. The van der Waals surface area contributed by atoms with Crippen molar-refractivity contribution in [3.8, 4) is 0 Å². The topological polar surface area (TPSA) is 27.3 Å². The smallest absolute Gasteiger partial charge is 0.171 e. The summed E-state index contributed by atoms with van der Waals surface area (Å²) < 4.78 is 0. The van der Waals surface area contributed by atoms with Crippen molar-refractivity contribution >= 4 is 28.7 Å². The van der Waals surface area contributed by atoms with Crippen molar-refractivity contribution in [1.82, 2.24) is 5.32 Å². The van der Waals surface area contributed by atoms with Gasteiger partial charge in [-0.3, -0.25) is 0 Å². The predicted molar refractivity (Wildman–Crippen MR) is 85.0 cm³/mol. The van der Waals surface area contributed by atoms with Gasteiger partial charge in [-0.1, -0.05) is 0 Å². The van der Waals surface area contributed by atoms with Crippen LogP contribution in [0, 0.1) is 6.92 Å². The van der Waals surface area contributed by atoms with E-state index in [0.29, 0.717) is 6.04 Å². The molecule has 0 amide bonds. The maximum Gasteiger partial charge on any atom is 0.171 e. The number of nitrogens with one attached hydrogen (secondary N) is 2. The minimum Gasteiger partial charge on any atom is -0.372 e. The lowest BCUT2D eigenvalue weighted by atomic mass is 10.1. The number of thiocarbonyl (C=S) groups is 1. The first-order valence-corrected chi connectivity index (χ1v) is 7.56. The molecule has 0 spiro atoms. The van der Waals surface area contributed by atoms with Crippen LogP contribution in [0.25, 0.3) is 0 Å². The summed E-state index contributed by atoms with van der Waals surface area (Å²) in [5, 5.41) is 7.36. The Hall–Kier alpha value is -1.29. The lowest BCUT2D eigenvalue weighted by Crippen LogP contribution is -2.30. The molecule has 0 radical (unpaired) electrons. The van der Waals surface area contributed by atoms with Crippen LogP contribution in [-0.2, 0) is 0 Å². The van der Waals surface area contributed by atoms with E-state index >= 15 is 0 Å². The zero-order chi connectivity index (χ0) is 13.2. The van der Waals surface area contributed by atoms with Crippen LogP contribution in [-0.4, -0.2) is 24.2 Å². The maximum atomic E-state index is 5.32. The molecule has 2 fully saturated rings. The van der Waals surface area contributed by atoms with E-state index in [0.717, 1.165) is 10.8 Å². The second-order valence-corrected chi connectivity index (χ2v) is 5.97. The summed E-state index contributed by atoms with van der Waals surface area (Å²) >= 11 is 5.32. The second-order valence-electron chi connectivity index (χ2n) is 5.57. The van der Waals surface area contributed by atoms with Gasteiger partial charge < -0.3 is 15.5 Å². The molecule has 0 unspecified atom stereocenters. The van der Waals surface area contributed by atoms with Gasteiger partial charge >= 0.3 is 0 Å². The Balaban J connectivity index is 1.66. The molecular weight excluding hydrogens is 254 g/mol. The Labute approximate surface area is 120 Å². The van der Waals surface area contributed by atoms with Crippen molar-refractivity contribution in [3.63, 3.8) is 0 Å². The minimum atomic E-state index is 0.601. The van der Waals surface area contributed by atoms with E-state index in [9.17, 15) is 0 Å². The van der Waals surface area contributed by atoms with Crippen LogP contribution in [0.4, 0.5) is 11.4 Å². The molecule has 3 rings (SSSR count). The zero-order valence-electron chi connectivity index (χ0n) is 11.4. The molecule has 0 atom stereocenters. The van der Waals surface area contributed by atoms with Crippen molar-refractivity contribution in [1.29, 1.82) is 0 Å². The fourth-order valence-corrected chi connectivity index (χ4v) is 2.81. The number of anilines is 2. The van der Waals surface area contributed by atoms with Crippen LogP contribution in [0.2, 0.25) is 0 Å². The van der Waals surface area contributed by atoms with Crippen LogP contribution < -0.4 is 15.5 Å². The quantitative estimate of drug-likeness (QED) is 0.829. The summed E-state index contributed by atoms with van der Waals surface area (Å²) in [4.78, 5) is 2.46. The molecule has 102 valence electrons. The molecule has 1 aromatic carbocycles. The molecule has 1 aromatic rings. The van der Waals surface area contributed by atoms with Gasteiger partial charge in [0.25, 0.3) is 0 Å². The summed E-state index contributed by atoms with van der Waals surface area (Å²) in [6, 6.07) is 7.20. The first-order chi connectivity index (χ1) is 9.22. The molecule has 2 N–H and O–H groups in total. The summed E-state index contributed by atoms with van der Waals surface area (Å²) in [7, 11) is 0. The van der Waals surface area contributed by atoms with Gasteiger partial charge in [0.1, 0.15) is 0 Å². The third kappa shape index (κ3) is 3.18. The molecule has 19 heavy (non-hydrogen) atoms. The summed E-state index contributed by atoms with van der Waals surface area (Å²) in [6.07, 6.45) is 5.12. The Morgan fingerprint density at radius 2 is 2.00 bits per heavy atom. The van der Waals surface area contributed by atoms with Gasteiger partial charge in [0.05, 0.1) is 0 Å². The van der Waals surface area contributed by atoms with E-state index in [-0.39, 0.29) is 0 Å². The number of hydrogen-bond acceptors (Lipinski definition) is 2. The zero-order valence-corrected chi connectivity index (χ0v) is 12.2. The van der Waals surface area contributed by atoms with Gasteiger partial charge in [-0.2, -0.15) is 0 Å². The highest BCUT2D eigenvalue weighted by atomic mass is 32.1. The number of rotatable bonds is 3. The van der Waals surface area contributed by atoms with Gasteiger partial charge in [0.15, 0.2) is 5.11 Å². The van der Waals surface area contributed by atoms with Gasteiger partial charge in [0.2, 0.25) is 0 Å². The van der Waals surface area contributed by atoms with Gasteiger partial charge in [-0.25, -0.2) is 0 Å². The summed E-state index contributed by atoms with van der Waals surface area (Å²) in [5.41, 5.74) is 3.70. The second kappa shape index (κ2) is 5.37. The first-order valence-electron chi connectivity index (χ1n) is 7.15. The normalized spacial score (nSPS) is 18.5. The third-order valence-corrected chi connectivity index (χ3v) is 4.06. The Morgan fingerprint density at radius 1 is 1.26 bits per heavy atom. The molecule has 1 aliphatic carbocycles. The number of hydrogen-bond donors (Lipinski definition) is 2. The molecule has 1 heterocycles. The number of benzene rings is 1. The number of aryl methyl sites for hydroxylation is 1. The molecule has 4 heteroatoms. The average molecular weight is 275 g/mol. The van der Waals surface area contributed by atoms with E-state index in [2.05, 4.69) is 40.7 Å². The molecule has 2 aliphatic rings. The summed E-state index contributed by atoms with van der Waals surface area (Å²) in [5.74, 6) is 0. The van der Waals surface area contributed by atoms with E-state index in [4.69, 9.17) is 12.2 Å². The van der Waals surface area contributed by atoms with E-state index in [1.807, 2.05) is 0 Å². The first kappa shape index (κ1) is 12.7. The molecule has 1 aliphatic heterocycles. The van der Waals surface area contributed by atoms with Gasteiger partial charge in [0, 0.05) is 30.5 Å². The largest absolute Gasteiger partial charge is 0.372 e. The van der Waals surface area contributed by atoms with Crippen LogP contribution in [0.3, 0.4) is 0 Å². The highest BCUT2D eigenvalue weighted by Gasteiger charge is 2.22. The van der Waals surface area contributed by atoms with Gasteiger partial charge in [-0.15, -0.1) is 0 Å². The standard InChI is InChI=1S/C15H21N3S/c1-11-10-13(18-8-2-3-9-18)6-7-14(11)17-15(19)16-12-4-5-12/h6-7,10,12H,2-5,8-9H2,1H3,(H2,16,17,19). The average Bonchev–Trinajstić information content (AvgIpc) is 3.03. The Bertz CT molecular complexity index is 476. The molecule has 1 saturated carbocycles. The fraction of sp³-hybridized carbons (Fsp3) is 0.533. The minimum absolute atomic E-state index is 0.601. The van der Waals surface area contributed by atoms with Crippen LogP contribution in [0.5, 0.6) is 0 Å². The third-order valence-electron chi connectivity index (χ3n) is 3.84. The Morgan fingerprint density at radius 3 is 2.63 bits per heavy atom. The molecule has 1 saturated heterocycles. The van der Waals surface area contributed by atoms with Crippen LogP contribution >= 0.6 is 12.2 Å². The van der Waals surface area contributed by atoms with E-state index in [1.165, 1.54) is 50.0 Å². The number of nitrogens with zero attached hydrogens (tertiary/aromatic N) is 1. The fourth-order valence-electron chi connectivity index (χ4n) is 2.53. The van der Waals surface area contributed by atoms with E-state index < -0.39 is 0 Å².